The molecule has 5 nitrogen and oxygen atoms in total. The van der Waals surface area contributed by atoms with Crippen molar-refractivity contribution < 1.29 is 14.3 Å². The summed E-state index contributed by atoms with van der Waals surface area (Å²) < 4.78 is 10.8. The maximum atomic E-state index is 12.6. The Hall–Kier alpha value is -1.30. The lowest BCUT2D eigenvalue weighted by Crippen LogP contribution is -2.48. The van der Waals surface area contributed by atoms with Crippen molar-refractivity contribution in [1.29, 1.82) is 0 Å². The lowest BCUT2D eigenvalue weighted by molar-refractivity contribution is -0.0197. The number of carbonyl (C=O) groups excluding carboxylic acids is 1. The van der Waals surface area contributed by atoms with Crippen molar-refractivity contribution in [2.75, 3.05) is 40.4 Å². The Morgan fingerprint density at radius 3 is 3.10 bits per heavy atom. The molecule has 0 aromatic heterocycles. The van der Waals surface area contributed by atoms with Crippen molar-refractivity contribution in [3.63, 3.8) is 0 Å². The average molecular weight is 299 g/mol. The lowest BCUT2D eigenvalue weighted by atomic mass is 10.1. The maximum Gasteiger partial charge on any atom is 0.257 e. The van der Waals surface area contributed by atoms with Gasteiger partial charge in [0.2, 0.25) is 0 Å². The van der Waals surface area contributed by atoms with E-state index in [9.17, 15) is 4.79 Å². The zero-order valence-corrected chi connectivity index (χ0v) is 12.4. The maximum absolute atomic E-state index is 12.6. The number of hydrogen-bond acceptors (Lipinski definition) is 4. The number of likely N-dealkylation sites (N-methyl/N-ethyl adjacent to an activating group) is 1. The minimum atomic E-state index is -0.0752. The molecule has 0 aliphatic carbocycles. The number of benzene rings is 1. The van der Waals surface area contributed by atoms with Crippen LogP contribution in [0.5, 0.6) is 5.75 Å². The first-order valence-corrected chi connectivity index (χ1v) is 6.92. The minimum Gasteiger partial charge on any atom is -0.496 e. The first kappa shape index (κ1) is 15.1. The predicted octanol–water partition coefficient (Wildman–Crippen LogP) is 1.41. The number of nitrogens with one attached hydrogen (secondary N) is 1. The summed E-state index contributed by atoms with van der Waals surface area (Å²) in [5, 5.41) is 3.58. The number of methoxy groups -OCH3 is 1. The van der Waals surface area contributed by atoms with Crippen LogP contribution in [0.1, 0.15) is 10.4 Å². The van der Waals surface area contributed by atoms with Crippen LogP contribution in [0.25, 0.3) is 0 Å². The molecule has 0 radical (unpaired) electrons. The van der Waals surface area contributed by atoms with E-state index in [1.165, 1.54) is 0 Å². The fourth-order valence-electron chi connectivity index (χ4n) is 2.27. The van der Waals surface area contributed by atoms with E-state index < -0.39 is 0 Å². The molecule has 6 heteroatoms. The van der Waals surface area contributed by atoms with Crippen LogP contribution in [0.2, 0.25) is 5.02 Å². The molecule has 1 heterocycles. The SMILES string of the molecule is CNCC1CN(C(=O)c2cc(Cl)ccc2OC)CCO1. The molecule has 1 unspecified atom stereocenters. The third-order valence-corrected chi connectivity index (χ3v) is 3.48. The normalized spacial score (nSPS) is 18.9. The summed E-state index contributed by atoms with van der Waals surface area (Å²) in [5.74, 6) is 0.463. The van der Waals surface area contributed by atoms with E-state index in [1.807, 2.05) is 7.05 Å². The van der Waals surface area contributed by atoms with Gasteiger partial charge in [0.1, 0.15) is 5.75 Å². The molecule has 20 heavy (non-hydrogen) atoms. The molecule has 0 saturated carbocycles. The van der Waals surface area contributed by atoms with Gasteiger partial charge in [0.15, 0.2) is 0 Å². The zero-order chi connectivity index (χ0) is 14.5. The van der Waals surface area contributed by atoms with Crippen LogP contribution in [0.15, 0.2) is 18.2 Å². The Morgan fingerprint density at radius 2 is 2.40 bits per heavy atom. The van der Waals surface area contributed by atoms with E-state index in [0.29, 0.717) is 36.0 Å². The molecule has 1 N–H and O–H groups in total. The standard InChI is InChI=1S/C14H19ClN2O3/c1-16-8-11-9-17(5-6-20-11)14(18)12-7-10(15)3-4-13(12)19-2/h3-4,7,11,16H,5-6,8-9H2,1-2H3. The molecule has 1 aromatic carbocycles. The zero-order valence-electron chi connectivity index (χ0n) is 11.7. The van der Waals surface area contributed by atoms with Crippen molar-refractivity contribution in [3.05, 3.63) is 28.8 Å². The highest BCUT2D eigenvalue weighted by Gasteiger charge is 2.26. The molecule has 0 bridgehead atoms. The summed E-state index contributed by atoms with van der Waals surface area (Å²) in [6, 6.07) is 5.06. The van der Waals surface area contributed by atoms with Gasteiger partial charge in [-0.1, -0.05) is 11.6 Å². The van der Waals surface area contributed by atoms with Crippen molar-refractivity contribution in [1.82, 2.24) is 10.2 Å². The molecule has 1 fully saturated rings. The number of amides is 1. The largest absolute Gasteiger partial charge is 0.496 e. The van der Waals surface area contributed by atoms with Gasteiger partial charge >= 0.3 is 0 Å². The number of halogens is 1. The molecule has 0 spiro atoms. The van der Waals surface area contributed by atoms with E-state index >= 15 is 0 Å². The molecule has 1 aliphatic rings. The molecular weight excluding hydrogens is 280 g/mol. The van der Waals surface area contributed by atoms with Crippen LogP contribution in [-0.2, 0) is 4.74 Å². The Balaban J connectivity index is 2.16. The van der Waals surface area contributed by atoms with Crippen molar-refractivity contribution >= 4 is 17.5 Å². The van der Waals surface area contributed by atoms with E-state index in [1.54, 1.807) is 30.2 Å². The van der Waals surface area contributed by atoms with Crippen LogP contribution in [0, 0.1) is 0 Å². The molecule has 1 amide bonds. The Bertz CT molecular complexity index is 479. The van der Waals surface area contributed by atoms with Gasteiger partial charge in [-0.25, -0.2) is 0 Å². The highest BCUT2D eigenvalue weighted by atomic mass is 35.5. The fraction of sp³-hybridized carbons (Fsp3) is 0.500. The van der Waals surface area contributed by atoms with Gasteiger partial charge in [-0.2, -0.15) is 0 Å². The quantitative estimate of drug-likeness (QED) is 0.913. The topological polar surface area (TPSA) is 50.8 Å². The smallest absolute Gasteiger partial charge is 0.257 e. The number of hydrogen-bond donors (Lipinski definition) is 1. The van der Waals surface area contributed by atoms with Gasteiger partial charge in [-0.15, -0.1) is 0 Å². The first-order valence-electron chi connectivity index (χ1n) is 6.54. The minimum absolute atomic E-state index is 0.0166. The first-order chi connectivity index (χ1) is 9.65. The van der Waals surface area contributed by atoms with Gasteiger partial charge in [0, 0.05) is 24.7 Å². The number of ether oxygens (including phenoxy) is 2. The van der Waals surface area contributed by atoms with E-state index in [4.69, 9.17) is 21.1 Å². The number of morpholine rings is 1. The predicted molar refractivity (Wildman–Crippen MR) is 77.6 cm³/mol. The van der Waals surface area contributed by atoms with E-state index in [2.05, 4.69) is 5.32 Å². The second-order valence-electron chi connectivity index (χ2n) is 4.65. The third kappa shape index (κ3) is 3.42. The fourth-order valence-corrected chi connectivity index (χ4v) is 2.44. The summed E-state index contributed by atoms with van der Waals surface area (Å²) in [6.07, 6.45) is 0.0166. The van der Waals surface area contributed by atoms with Crippen molar-refractivity contribution in [3.8, 4) is 5.75 Å². The molecule has 1 aromatic rings. The highest BCUT2D eigenvalue weighted by molar-refractivity contribution is 6.31. The molecule has 1 aliphatic heterocycles. The van der Waals surface area contributed by atoms with Crippen LogP contribution in [-0.4, -0.2) is 57.3 Å². The van der Waals surface area contributed by atoms with E-state index in [-0.39, 0.29) is 12.0 Å². The molecule has 110 valence electrons. The number of nitrogens with zero attached hydrogens (tertiary/aromatic N) is 1. The second kappa shape index (κ2) is 6.92. The second-order valence-corrected chi connectivity index (χ2v) is 5.08. The average Bonchev–Trinajstić information content (AvgIpc) is 2.47. The Labute approximate surface area is 123 Å². The highest BCUT2D eigenvalue weighted by Crippen LogP contribution is 2.24. The van der Waals surface area contributed by atoms with Gasteiger partial charge in [-0.05, 0) is 25.2 Å². The Kier molecular flexibility index (Phi) is 5.23. The summed E-state index contributed by atoms with van der Waals surface area (Å²) in [6.45, 7) is 2.40. The summed E-state index contributed by atoms with van der Waals surface area (Å²) >= 11 is 5.97. The van der Waals surface area contributed by atoms with Gasteiger partial charge in [0.05, 0.1) is 25.4 Å². The molecule has 2 rings (SSSR count). The van der Waals surface area contributed by atoms with Crippen LogP contribution >= 0.6 is 11.6 Å². The van der Waals surface area contributed by atoms with Crippen LogP contribution < -0.4 is 10.1 Å². The summed E-state index contributed by atoms with van der Waals surface area (Å²) in [7, 11) is 3.41. The van der Waals surface area contributed by atoms with Crippen molar-refractivity contribution in [2.45, 2.75) is 6.10 Å². The van der Waals surface area contributed by atoms with Gasteiger partial charge < -0.3 is 19.7 Å². The number of rotatable bonds is 4. The summed E-state index contributed by atoms with van der Waals surface area (Å²) in [5.41, 5.74) is 0.491. The number of carbonyl (C=O) groups is 1. The molecule has 1 atom stereocenters. The van der Waals surface area contributed by atoms with Crippen LogP contribution in [0.3, 0.4) is 0 Å². The van der Waals surface area contributed by atoms with Crippen molar-refractivity contribution in [2.24, 2.45) is 0 Å². The summed E-state index contributed by atoms with van der Waals surface area (Å²) in [4.78, 5) is 14.4. The third-order valence-electron chi connectivity index (χ3n) is 3.25. The van der Waals surface area contributed by atoms with E-state index in [0.717, 1.165) is 6.54 Å². The lowest BCUT2D eigenvalue weighted by Gasteiger charge is -2.33. The molecular formula is C14H19ClN2O3. The van der Waals surface area contributed by atoms with Gasteiger partial charge in [0.25, 0.3) is 5.91 Å². The molecule has 1 saturated heterocycles. The Morgan fingerprint density at radius 1 is 1.60 bits per heavy atom. The monoisotopic (exact) mass is 298 g/mol. The van der Waals surface area contributed by atoms with Gasteiger partial charge in [-0.3, -0.25) is 4.79 Å². The van der Waals surface area contributed by atoms with Crippen LogP contribution in [0.4, 0.5) is 0 Å².